The number of aromatic nitrogens is 11. The zero-order valence-electron chi connectivity index (χ0n) is 40.9. The molecule has 0 amide bonds. The summed E-state index contributed by atoms with van der Waals surface area (Å²) in [6.45, 7) is 7.23. The first kappa shape index (κ1) is 46.4. The lowest BCUT2D eigenvalue weighted by Gasteiger charge is -2.21. The maximum atomic E-state index is 16.0. The first-order valence-electron chi connectivity index (χ1n) is 24.1. The third-order valence-corrected chi connectivity index (χ3v) is 12.9. The molecular weight excluding hydrogens is 944 g/mol. The Labute approximate surface area is 428 Å². The second-order valence-corrected chi connectivity index (χ2v) is 18.1. The lowest BCUT2D eigenvalue weighted by Crippen LogP contribution is -2.11. The maximum Gasteiger partial charge on any atom is 0.416 e. The van der Waals surface area contributed by atoms with E-state index in [4.69, 9.17) is 39.9 Å². The van der Waals surface area contributed by atoms with Gasteiger partial charge in [-0.25, -0.2) is 49.8 Å². The Kier molecular flexibility index (Phi) is 11.6. The third kappa shape index (κ3) is 9.03. The number of halogens is 3. The predicted octanol–water partition coefficient (Wildman–Crippen LogP) is 14.3. The molecule has 0 aliphatic carbocycles. The van der Waals surface area contributed by atoms with E-state index >= 15 is 13.2 Å². The topological polar surface area (TPSA) is 134 Å². The van der Waals surface area contributed by atoms with Crippen LogP contribution in [0.25, 0.3) is 118 Å². The van der Waals surface area contributed by atoms with Crippen LogP contribution < -0.4 is 0 Å². The maximum absolute atomic E-state index is 16.0. The highest BCUT2D eigenvalue weighted by atomic mass is 19.4. The Bertz CT molecular complexity index is 3740. The highest BCUT2D eigenvalue weighted by molar-refractivity contribution is 6.12. The first-order chi connectivity index (χ1) is 36.4. The second kappa shape index (κ2) is 18.7. The van der Waals surface area contributed by atoms with Crippen molar-refractivity contribution in [3.8, 4) is 96.3 Å². The van der Waals surface area contributed by atoms with Gasteiger partial charge >= 0.3 is 6.18 Å². The van der Waals surface area contributed by atoms with Gasteiger partial charge in [0.05, 0.1) is 45.1 Å². The Morgan fingerprint density at radius 2 is 0.640 bits per heavy atom. The molecule has 0 bridgehead atoms. The van der Waals surface area contributed by atoms with Gasteiger partial charge in [-0.2, -0.15) is 13.2 Å². The van der Waals surface area contributed by atoms with E-state index in [0.29, 0.717) is 79.9 Å². The van der Waals surface area contributed by atoms with E-state index in [1.165, 1.54) is 0 Å². The number of rotatable bonds is 9. The summed E-state index contributed by atoms with van der Waals surface area (Å²) in [6, 6.07) is 55.9. The van der Waals surface area contributed by atoms with E-state index in [0.717, 1.165) is 45.2 Å². The van der Waals surface area contributed by atoms with Gasteiger partial charge in [0.15, 0.2) is 23.3 Å². The zero-order chi connectivity index (χ0) is 51.4. The van der Waals surface area contributed by atoms with Crippen molar-refractivity contribution in [3.63, 3.8) is 0 Å². The number of aryl methyl sites for hydroxylation is 4. The van der Waals surface area contributed by atoms with Gasteiger partial charge in [0.2, 0.25) is 0 Å². The van der Waals surface area contributed by atoms with Crippen molar-refractivity contribution < 1.29 is 13.2 Å². The summed E-state index contributed by atoms with van der Waals surface area (Å²) in [7, 11) is 0. The van der Waals surface area contributed by atoms with Crippen molar-refractivity contribution in [1.29, 1.82) is 0 Å². The van der Waals surface area contributed by atoms with E-state index in [2.05, 4.69) is 9.97 Å². The molecule has 0 aliphatic rings. The molecule has 75 heavy (non-hydrogen) atoms. The third-order valence-electron chi connectivity index (χ3n) is 12.9. The van der Waals surface area contributed by atoms with Crippen molar-refractivity contribution in [1.82, 2.24) is 54.4 Å². The van der Waals surface area contributed by atoms with Gasteiger partial charge in [0, 0.05) is 55.3 Å². The minimum atomic E-state index is -4.86. The number of hydrogen-bond acceptors (Lipinski definition) is 10. The van der Waals surface area contributed by atoms with Crippen molar-refractivity contribution >= 4 is 21.8 Å². The number of nitrogens with zero attached hydrogens (tertiary/aromatic N) is 11. The molecule has 0 N–H and O–H groups in total. The highest BCUT2D eigenvalue weighted by Crippen LogP contribution is 2.46. The average Bonchev–Trinajstić information content (AvgIpc) is 3.77. The van der Waals surface area contributed by atoms with Gasteiger partial charge in [0.1, 0.15) is 23.3 Å². The summed E-state index contributed by atoms with van der Waals surface area (Å²) >= 11 is 0. The first-order valence-corrected chi connectivity index (χ1v) is 24.1. The Balaban J connectivity index is 1.28. The van der Waals surface area contributed by atoms with Gasteiger partial charge in [-0.05, 0) is 64.1 Å². The fourth-order valence-corrected chi connectivity index (χ4v) is 9.57. The molecule has 0 fully saturated rings. The van der Waals surface area contributed by atoms with Crippen molar-refractivity contribution in [2.45, 2.75) is 33.9 Å². The Hall–Kier alpha value is -9.69. The van der Waals surface area contributed by atoms with Gasteiger partial charge in [-0.15, -0.1) is 0 Å². The molecule has 0 saturated carbocycles. The van der Waals surface area contributed by atoms with Crippen LogP contribution in [0, 0.1) is 27.7 Å². The molecule has 5 aromatic heterocycles. The second-order valence-electron chi connectivity index (χ2n) is 18.1. The van der Waals surface area contributed by atoms with Crippen LogP contribution in [-0.4, -0.2) is 54.4 Å². The van der Waals surface area contributed by atoms with Gasteiger partial charge < -0.3 is 4.57 Å². The number of benzene rings is 7. The minimum Gasteiger partial charge on any atom is -0.308 e. The standard InChI is InChI=1S/C61H42F3N11/c1-35-65-36(2)68-57(67-35)43-25-27-46-47-28-26-44(58-69-37(3)66-38(4)70-58)30-55(47)75(54(46)29-43)56-48(59-71-50(39-17-9-5-10-18-39)33-51(72-59)40-19-11-6-12-20-40)31-45(61(62,63)64)32-49(56)60-73-52(41-21-13-7-14-22-41)34-53(74-60)42-23-15-8-16-24-42/h5-34H,1-4H3. The summed E-state index contributed by atoms with van der Waals surface area (Å²) in [4.78, 5) is 48.7. The van der Waals surface area contributed by atoms with Crippen LogP contribution in [0.1, 0.15) is 28.9 Å². The SMILES string of the molecule is Cc1nc(C)nc(-c2ccc3c4ccc(-c5nc(C)nc(C)n5)cc4n(-c4c(-c5nc(-c6ccccc6)cc(-c6ccccc6)n5)cc(C(F)(F)F)cc4-c4nc(-c5ccccc5)cc(-c5ccccc5)n4)c3c2)n1. The summed E-state index contributed by atoms with van der Waals surface area (Å²) in [5.41, 5.74) is 7.02. The van der Waals surface area contributed by atoms with E-state index in [9.17, 15) is 0 Å². The van der Waals surface area contributed by atoms with Crippen LogP contribution >= 0.6 is 0 Å². The fourth-order valence-electron chi connectivity index (χ4n) is 9.57. The lowest BCUT2D eigenvalue weighted by atomic mass is 9.98. The van der Waals surface area contributed by atoms with E-state index in [1.807, 2.05) is 174 Å². The Morgan fingerprint density at radius 1 is 0.320 bits per heavy atom. The Morgan fingerprint density at radius 3 is 0.947 bits per heavy atom. The summed E-state index contributed by atoms with van der Waals surface area (Å²) in [5, 5.41) is 1.57. The van der Waals surface area contributed by atoms with Crippen LogP contribution in [0.15, 0.2) is 182 Å². The van der Waals surface area contributed by atoms with Crippen molar-refractivity contribution in [3.05, 3.63) is 211 Å². The van der Waals surface area contributed by atoms with Crippen LogP contribution in [0.2, 0.25) is 0 Å². The monoisotopic (exact) mass is 985 g/mol. The molecule has 14 heteroatoms. The van der Waals surface area contributed by atoms with Gasteiger partial charge in [0.25, 0.3) is 0 Å². The highest BCUT2D eigenvalue weighted by Gasteiger charge is 2.35. The quantitative estimate of drug-likeness (QED) is 0.138. The van der Waals surface area contributed by atoms with Crippen LogP contribution in [-0.2, 0) is 6.18 Å². The van der Waals surface area contributed by atoms with E-state index in [1.54, 1.807) is 27.7 Å². The molecule has 0 spiro atoms. The molecule has 5 heterocycles. The van der Waals surface area contributed by atoms with Crippen molar-refractivity contribution in [2.24, 2.45) is 0 Å². The van der Waals surface area contributed by atoms with Crippen LogP contribution in [0.5, 0.6) is 0 Å². The van der Waals surface area contributed by atoms with Crippen LogP contribution in [0.4, 0.5) is 13.2 Å². The predicted molar refractivity (Wildman–Crippen MR) is 286 cm³/mol. The molecule has 11 nitrogen and oxygen atoms in total. The summed E-state index contributed by atoms with van der Waals surface area (Å²) in [5.74, 6) is 3.08. The zero-order valence-corrected chi connectivity index (χ0v) is 40.9. The molecule has 0 atom stereocenters. The molecule has 7 aromatic carbocycles. The summed E-state index contributed by atoms with van der Waals surface area (Å²) < 4.78 is 50.0. The van der Waals surface area contributed by atoms with Crippen LogP contribution in [0.3, 0.4) is 0 Å². The molecule has 0 aliphatic heterocycles. The molecule has 12 aromatic rings. The summed E-state index contributed by atoms with van der Waals surface area (Å²) in [6.07, 6.45) is -4.86. The molecule has 12 rings (SSSR count). The molecule has 362 valence electrons. The number of alkyl halides is 3. The van der Waals surface area contributed by atoms with Gasteiger partial charge in [-0.3, -0.25) is 0 Å². The smallest absolute Gasteiger partial charge is 0.308 e. The molecule has 0 radical (unpaired) electrons. The lowest BCUT2D eigenvalue weighted by molar-refractivity contribution is -0.137. The molecular formula is C61H42F3N11. The van der Waals surface area contributed by atoms with E-state index in [-0.39, 0.29) is 28.5 Å². The van der Waals surface area contributed by atoms with Crippen molar-refractivity contribution in [2.75, 3.05) is 0 Å². The minimum absolute atomic E-state index is 0.0368. The average molecular weight is 986 g/mol. The normalized spacial score (nSPS) is 11.7. The van der Waals surface area contributed by atoms with E-state index < -0.39 is 11.7 Å². The number of fused-ring (bicyclic) bond motifs is 3. The fraction of sp³-hybridized carbons (Fsp3) is 0.0820. The number of hydrogen-bond donors (Lipinski definition) is 0. The largest absolute Gasteiger partial charge is 0.416 e. The molecule has 0 saturated heterocycles. The molecule has 0 unspecified atom stereocenters. The van der Waals surface area contributed by atoms with Gasteiger partial charge in [-0.1, -0.05) is 146 Å².